The molecule has 0 aromatic heterocycles. The standard InChI is InChI=1S/C17H19F3O4/c1-9(2)16(8-11-4-6-14(16)23-11)24-13-7-10(15(21)22)3-5-12(13)17(18,19)20/h3,5,7,9,11,14H,4,6,8H2,1-2H3,(H,21,22)/p-1. The van der Waals surface area contributed by atoms with Crippen molar-refractivity contribution in [3.05, 3.63) is 29.3 Å². The van der Waals surface area contributed by atoms with Crippen LogP contribution in [-0.4, -0.2) is 23.8 Å². The van der Waals surface area contributed by atoms with Crippen molar-refractivity contribution in [2.24, 2.45) is 5.92 Å². The first-order valence-electron chi connectivity index (χ1n) is 7.90. The van der Waals surface area contributed by atoms with Crippen LogP contribution >= 0.6 is 0 Å². The second-order valence-corrected chi connectivity index (χ2v) is 6.74. The fraction of sp³-hybridized carbons (Fsp3) is 0.588. The number of carboxylic acid groups (broad SMARTS) is 1. The van der Waals surface area contributed by atoms with Crippen molar-refractivity contribution < 1.29 is 32.5 Å². The van der Waals surface area contributed by atoms with E-state index in [1.807, 2.05) is 13.8 Å². The van der Waals surface area contributed by atoms with E-state index in [4.69, 9.17) is 9.47 Å². The Morgan fingerprint density at radius 1 is 1.38 bits per heavy atom. The Balaban J connectivity index is 2.04. The molecule has 1 aromatic carbocycles. The van der Waals surface area contributed by atoms with Crippen LogP contribution in [0.1, 0.15) is 49.0 Å². The summed E-state index contributed by atoms with van der Waals surface area (Å²) >= 11 is 0. The minimum Gasteiger partial charge on any atom is -0.545 e. The summed E-state index contributed by atoms with van der Waals surface area (Å²) in [5, 5.41) is 11.0. The minimum atomic E-state index is -4.64. The summed E-state index contributed by atoms with van der Waals surface area (Å²) in [6.07, 6.45) is -2.84. The normalized spacial score (nSPS) is 29.2. The van der Waals surface area contributed by atoms with E-state index in [9.17, 15) is 23.1 Å². The van der Waals surface area contributed by atoms with Crippen LogP contribution in [0.4, 0.5) is 13.2 Å². The number of carbonyl (C=O) groups excluding carboxylic acids is 1. The Bertz CT molecular complexity index is 656. The highest BCUT2D eigenvalue weighted by Gasteiger charge is 2.56. The molecule has 24 heavy (non-hydrogen) atoms. The van der Waals surface area contributed by atoms with Crippen LogP contribution in [0.3, 0.4) is 0 Å². The first kappa shape index (κ1) is 17.1. The first-order chi connectivity index (χ1) is 11.1. The molecule has 2 aliphatic rings. The van der Waals surface area contributed by atoms with E-state index >= 15 is 0 Å². The number of aromatic carboxylic acids is 1. The molecule has 0 aliphatic carbocycles. The van der Waals surface area contributed by atoms with Crippen LogP contribution in [0, 0.1) is 5.92 Å². The fourth-order valence-corrected chi connectivity index (χ4v) is 3.71. The van der Waals surface area contributed by atoms with Gasteiger partial charge in [-0.1, -0.05) is 19.9 Å². The molecule has 0 amide bonds. The second kappa shape index (κ2) is 5.65. The second-order valence-electron chi connectivity index (χ2n) is 6.74. The Kier molecular flexibility index (Phi) is 4.02. The molecule has 2 saturated heterocycles. The Hall–Kier alpha value is -1.76. The number of halogens is 3. The molecule has 2 heterocycles. The zero-order valence-electron chi connectivity index (χ0n) is 13.4. The van der Waals surface area contributed by atoms with Gasteiger partial charge in [0.15, 0.2) is 0 Å². The third-order valence-corrected chi connectivity index (χ3v) is 5.00. The number of fused-ring (bicyclic) bond motifs is 2. The molecule has 2 aliphatic heterocycles. The van der Waals surface area contributed by atoms with Crippen molar-refractivity contribution in [3.63, 3.8) is 0 Å². The number of benzene rings is 1. The van der Waals surface area contributed by atoms with Gasteiger partial charge in [-0.15, -0.1) is 0 Å². The van der Waals surface area contributed by atoms with Gasteiger partial charge in [-0.2, -0.15) is 13.2 Å². The average molecular weight is 343 g/mol. The molecule has 3 rings (SSSR count). The largest absolute Gasteiger partial charge is 0.545 e. The van der Waals surface area contributed by atoms with E-state index < -0.39 is 29.1 Å². The van der Waals surface area contributed by atoms with Gasteiger partial charge in [-0.3, -0.25) is 0 Å². The van der Waals surface area contributed by atoms with Gasteiger partial charge in [0.2, 0.25) is 0 Å². The summed E-state index contributed by atoms with van der Waals surface area (Å²) in [7, 11) is 0. The van der Waals surface area contributed by atoms with Crippen molar-refractivity contribution in [2.45, 2.75) is 57.1 Å². The van der Waals surface area contributed by atoms with Gasteiger partial charge in [0.1, 0.15) is 11.4 Å². The lowest BCUT2D eigenvalue weighted by atomic mass is 9.76. The number of carbonyl (C=O) groups is 1. The smallest absolute Gasteiger partial charge is 0.419 e. The molecule has 3 atom stereocenters. The van der Waals surface area contributed by atoms with Crippen molar-refractivity contribution in [1.82, 2.24) is 0 Å². The molecule has 0 N–H and O–H groups in total. The van der Waals surface area contributed by atoms with E-state index in [-0.39, 0.29) is 23.7 Å². The molecule has 0 radical (unpaired) electrons. The zero-order valence-corrected chi connectivity index (χ0v) is 13.4. The summed E-state index contributed by atoms with van der Waals surface area (Å²) < 4.78 is 51.5. The maximum Gasteiger partial charge on any atom is 0.419 e. The minimum absolute atomic E-state index is 0.0175. The predicted octanol–water partition coefficient (Wildman–Crippen LogP) is 2.79. The molecule has 7 heteroatoms. The van der Waals surface area contributed by atoms with Crippen molar-refractivity contribution in [2.75, 3.05) is 0 Å². The SMILES string of the molecule is CC(C)C1(Oc2cc(C(=O)[O-])ccc2C(F)(F)F)CC2CCC1O2. The predicted molar refractivity (Wildman–Crippen MR) is 76.5 cm³/mol. The highest BCUT2D eigenvalue weighted by Crippen LogP contribution is 2.49. The number of alkyl halides is 3. The van der Waals surface area contributed by atoms with Crippen molar-refractivity contribution >= 4 is 5.97 Å². The summed E-state index contributed by atoms with van der Waals surface area (Å²) in [6, 6.07) is 2.50. The van der Waals surface area contributed by atoms with Gasteiger partial charge in [-0.05, 0) is 30.9 Å². The molecule has 0 saturated carbocycles. The van der Waals surface area contributed by atoms with Gasteiger partial charge >= 0.3 is 6.18 Å². The average Bonchev–Trinajstić information content (AvgIpc) is 3.07. The van der Waals surface area contributed by atoms with Crippen LogP contribution in [0.5, 0.6) is 5.75 Å². The van der Waals surface area contributed by atoms with Crippen LogP contribution < -0.4 is 9.84 Å². The van der Waals surface area contributed by atoms with E-state index in [1.165, 1.54) is 0 Å². The monoisotopic (exact) mass is 343 g/mol. The van der Waals surface area contributed by atoms with E-state index in [0.29, 0.717) is 6.42 Å². The lowest BCUT2D eigenvalue weighted by Gasteiger charge is -2.40. The van der Waals surface area contributed by atoms with Crippen LogP contribution in [0.25, 0.3) is 0 Å². The molecule has 1 aromatic rings. The number of rotatable bonds is 4. The topological polar surface area (TPSA) is 58.6 Å². The molecule has 3 unspecified atom stereocenters. The van der Waals surface area contributed by atoms with Crippen LogP contribution in [0.15, 0.2) is 18.2 Å². The summed E-state index contributed by atoms with van der Waals surface area (Å²) in [4.78, 5) is 11.0. The maximum atomic E-state index is 13.3. The van der Waals surface area contributed by atoms with Crippen molar-refractivity contribution in [1.29, 1.82) is 0 Å². The molecule has 0 spiro atoms. The third-order valence-electron chi connectivity index (χ3n) is 5.00. The number of carboxylic acids is 1. The van der Waals surface area contributed by atoms with Crippen LogP contribution in [0.2, 0.25) is 0 Å². The van der Waals surface area contributed by atoms with Crippen molar-refractivity contribution in [3.8, 4) is 5.75 Å². The Morgan fingerprint density at radius 2 is 2.08 bits per heavy atom. The van der Waals surface area contributed by atoms with Gasteiger partial charge in [-0.25, -0.2) is 0 Å². The van der Waals surface area contributed by atoms with Gasteiger partial charge < -0.3 is 19.4 Å². The maximum absolute atomic E-state index is 13.3. The lowest BCUT2D eigenvalue weighted by Crippen LogP contribution is -2.50. The van der Waals surface area contributed by atoms with Gasteiger partial charge in [0.25, 0.3) is 0 Å². The molecule has 4 nitrogen and oxygen atoms in total. The van der Waals surface area contributed by atoms with Gasteiger partial charge in [0.05, 0.1) is 23.7 Å². The molecular formula is C17H18F3O4-. The summed E-state index contributed by atoms with van der Waals surface area (Å²) in [5.41, 5.74) is -2.22. The molecular weight excluding hydrogens is 325 g/mol. The van der Waals surface area contributed by atoms with Gasteiger partial charge in [0, 0.05) is 12.0 Å². The van der Waals surface area contributed by atoms with E-state index in [1.54, 1.807) is 0 Å². The first-order valence-corrected chi connectivity index (χ1v) is 7.90. The number of ether oxygens (including phenoxy) is 2. The summed E-state index contributed by atoms with van der Waals surface area (Å²) in [5.74, 6) is -2.11. The van der Waals surface area contributed by atoms with Crippen LogP contribution in [-0.2, 0) is 10.9 Å². The zero-order chi connectivity index (χ0) is 17.7. The van der Waals surface area contributed by atoms with E-state index in [2.05, 4.69) is 0 Å². The fourth-order valence-electron chi connectivity index (χ4n) is 3.71. The quantitative estimate of drug-likeness (QED) is 0.843. The third kappa shape index (κ3) is 2.75. The number of hydrogen-bond acceptors (Lipinski definition) is 4. The Morgan fingerprint density at radius 3 is 2.54 bits per heavy atom. The van der Waals surface area contributed by atoms with E-state index in [0.717, 1.165) is 31.0 Å². The molecule has 132 valence electrons. The highest BCUT2D eigenvalue weighted by molar-refractivity contribution is 5.86. The Labute approximate surface area is 137 Å². The summed E-state index contributed by atoms with van der Waals surface area (Å²) in [6.45, 7) is 3.75. The molecule has 2 fully saturated rings. The number of hydrogen-bond donors (Lipinski definition) is 0. The lowest BCUT2D eigenvalue weighted by molar-refractivity contribution is -0.255. The highest BCUT2D eigenvalue weighted by atomic mass is 19.4. The molecule has 2 bridgehead atoms.